The normalized spacial score (nSPS) is 29.2. The lowest BCUT2D eigenvalue weighted by Gasteiger charge is -2.47. The van der Waals surface area contributed by atoms with Gasteiger partial charge in [0.2, 0.25) is 0 Å². The smallest absolute Gasteiger partial charge is 0.0409 e. The molecule has 0 saturated carbocycles. The van der Waals surface area contributed by atoms with Gasteiger partial charge in [0.1, 0.15) is 0 Å². The Morgan fingerprint density at radius 1 is 1.26 bits per heavy atom. The van der Waals surface area contributed by atoms with Crippen molar-refractivity contribution in [3.63, 3.8) is 0 Å². The fraction of sp³-hybridized carbons (Fsp3) is 0.625. The number of benzene rings is 1. The molecule has 2 saturated heterocycles. The first-order valence-electron chi connectivity index (χ1n) is 7.45. The number of piperazine rings is 1. The van der Waals surface area contributed by atoms with E-state index in [1.54, 1.807) is 0 Å². The third kappa shape index (κ3) is 3.13. The molecule has 0 N–H and O–H groups in total. The highest BCUT2D eigenvalue weighted by Gasteiger charge is 2.32. The van der Waals surface area contributed by atoms with E-state index in [0.29, 0.717) is 6.04 Å². The number of rotatable bonds is 2. The molecule has 2 aliphatic heterocycles. The molecular weight excluding hydrogens is 256 g/mol. The summed E-state index contributed by atoms with van der Waals surface area (Å²) < 4.78 is 0. The predicted octanol–water partition coefficient (Wildman–Crippen LogP) is 3.40. The highest BCUT2D eigenvalue weighted by molar-refractivity contribution is 6.30. The molecule has 3 heteroatoms. The van der Waals surface area contributed by atoms with Gasteiger partial charge in [-0.25, -0.2) is 0 Å². The van der Waals surface area contributed by atoms with Gasteiger partial charge in [0.25, 0.3) is 0 Å². The van der Waals surface area contributed by atoms with Crippen molar-refractivity contribution >= 4 is 11.6 Å². The van der Waals surface area contributed by atoms with Crippen molar-refractivity contribution < 1.29 is 0 Å². The van der Waals surface area contributed by atoms with Gasteiger partial charge in [0.05, 0.1) is 0 Å². The summed E-state index contributed by atoms with van der Waals surface area (Å²) in [6.45, 7) is 7.14. The molecule has 0 bridgehead atoms. The van der Waals surface area contributed by atoms with E-state index >= 15 is 0 Å². The SMILES string of the molecule is C[C@H]1CN2CCCC[C@@H]2CN1Cc1cccc(Cl)c1. The molecule has 104 valence electrons. The van der Waals surface area contributed by atoms with Crippen LogP contribution in [0.4, 0.5) is 0 Å². The van der Waals surface area contributed by atoms with Crippen LogP contribution in [0.3, 0.4) is 0 Å². The second kappa shape index (κ2) is 5.82. The van der Waals surface area contributed by atoms with Gasteiger partial charge in [0.15, 0.2) is 0 Å². The third-order valence-corrected chi connectivity index (χ3v) is 4.83. The molecule has 0 radical (unpaired) electrons. The maximum Gasteiger partial charge on any atom is 0.0409 e. The first-order chi connectivity index (χ1) is 9.22. The van der Waals surface area contributed by atoms with Crippen LogP contribution in [-0.4, -0.2) is 41.5 Å². The van der Waals surface area contributed by atoms with E-state index in [-0.39, 0.29) is 0 Å². The van der Waals surface area contributed by atoms with Gasteiger partial charge in [-0.2, -0.15) is 0 Å². The monoisotopic (exact) mass is 278 g/mol. The molecule has 0 spiro atoms. The van der Waals surface area contributed by atoms with Crippen molar-refractivity contribution in [3.05, 3.63) is 34.9 Å². The summed E-state index contributed by atoms with van der Waals surface area (Å²) in [7, 11) is 0. The number of halogens is 1. The Hall–Kier alpha value is -0.570. The summed E-state index contributed by atoms with van der Waals surface area (Å²) in [6, 6.07) is 9.72. The van der Waals surface area contributed by atoms with E-state index in [9.17, 15) is 0 Å². The van der Waals surface area contributed by atoms with Crippen LogP contribution in [0.2, 0.25) is 5.02 Å². The van der Waals surface area contributed by atoms with Crippen molar-refractivity contribution in [2.24, 2.45) is 0 Å². The lowest BCUT2D eigenvalue weighted by Crippen LogP contribution is -2.58. The van der Waals surface area contributed by atoms with E-state index in [2.05, 4.69) is 34.9 Å². The highest BCUT2D eigenvalue weighted by atomic mass is 35.5. The minimum absolute atomic E-state index is 0.647. The zero-order chi connectivity index (χ0) is 13.2. The maximum atomic E-state index is 6.08. The van der Waals surface area contributed by atoms with Gasteiger partial charge in [-0.05, 0) is 44.0 Å². The second-order valence-electron chi connectivity index (χ2n) is 6.05. The van der Waals surface area contributed by atoms with Crippen molar-refractivity contribution in [3.8, 4) is 0 Å². The zero-order valence-electron chi connectivity index (χ0n) is 11.7. The summed E-state index contributed by atoms with van der Waals surface area (Å²) >= 11 is 6.08. The summed E-state index contributed by atoms with van der Waals surface area (Å²) in [6.07, 6.45) is 4.16. The molecule has 2 atom stereocenters. The van der Waals surface area contributed by atoms with E-state index in [4.69, 9.17) is 11.6 Å². The Balaban J connectivity index is 1.67. The summed E-state index contributed by atoms with van der Waals surface area (Å²) in [5, 5.41) is 0.849. The Morgan fingerprint density at radius 3 is 3.00 bits per heavy atom. The Labute approximate surface area is 121 Å². The average molecular weight is 279 g/mol. The van der Waals surface area contributed by atoms with Crippen LogP contribution < -0.4 is 0 Å². The van der Waals surface area contributed by atoms with Crippen molar-refractivity contribution in [2.45, 2.75) is 44.8 Å². The third-order valence-electron chi connectivity index (χ3n) is 4.59. The first-order valence-corrected chi connectivity index (χ1v) is 7.83. The van der Waals surface area contributed by atoms with Gasteiger partial charge in [0, 0.05) is 36.7 Å². The fourth-order valence-electron chi connectivity index (χ4n) is 3.50. The molecule has 2 nitrogen and oxygen atoms in total. The molecule has 0 amide bonds. The first kappa shape index (κ1) is 13.4. The summed E-state index contributed by atoms with van der Waals surface area (Å²) in [4.78, 5) is 5.32. The van der Waals surface area contributed by atoms with Crippen molar-refractivity contribution in [1.29, 1.82) is 0 Å². The van der Waals surface area contributed by atoms with E-state index in [1.165, 1.54) is 44.5 Å². The molecule has 3 rings (SSSR count). The van der Waals surface area contributed by atoms with Crippen LogP contribution in [-0.2, 0) is 6.54 Å². The standard InChI is InChI=1S/C16H23ClN2/c1-13-10-18-8-3-2-7-16(18)12-19(13)11-14-5-4-6-15(17)9-14/h4-6,9,13,16H,2-3,7-8,10-12H2,1H3/t13-,16+/m0/s1. The van der Waals surface area contributed by atoms with Gasteiger partial charge >= 0.3 is 0 Å². The molecule has 19 heavy (non-hydrogen) atoms. The number of fused-ring (bicyclic) bond motifs is 1. The zero-order valence-corrected chi connectivity index (χ0v) is 12.4. The van der Waals surface area contributed by atoms with Crippen LogP contribution in [0.5, 0.6) is 0 Å². The molecule has 0 unspecified atom stereocenters. The molecule has 0 aliphatic carbocycles. The van der Waals surface area contributed by atoms with Gasteiger partial charge in [-0.15, -0.1) is 0 Å². The molecule has 2 heterocycles. The second-order valence-corrected chi connectivity index (χ2v) is 6.49. The average Bonchev–Trinajstić information content (AvgIpc) is 2.40. The van der Waals surface area contributed by atoms with E-state index in [1.807, 2.05) is 6.07 Å². The number of nitrogens with zero attached hydrogens (tertiary/aromatic N) is 2. The van der Waals surface area contributed by atoms with Crippen LogP contribution in [0.25, 0.3) is 0 Å². The molecule has 1 aromatic rings. The summed E-state index contributed by atoms with van der Waals surface area (Å²) in [5.41, 5.74) is 1.34. The van der Waals surface area contributed by atoms with E-state index in [0.717, 1.165) is 17.6 Å². The van der Waals surface area contributed by atoms with Crippen LogP contribution in [0.15, 0.2) is 24.3 Å². The molecule has 2 fully saturated rings. The Bertz CT molecular complexity index is 435. The molecule has 2 aliphatic rings. The van der Waals surface area contributed by atoms with Crippen LogP contribution >= 0.6 is 11.6 Å². The minimum atomic E-state index is 0.647. The van der Waals surface area contributed by atoms with Crippen molar-refractivity contribution in [1.82, 2.24) is 9.80 Å². The van der Waals surface area contributed by atoms with Gasteiger partial charge in [-0.1, -0.05) is 30.2 Å². The predicted molar refractivity (Wildman–Crippen MR) is 80.5 cm³/mol. The maximum absolute atomic E-state index is 6.08. The topological polar surface area (TPSA) is 6.48 Å². The fourth-order valence-corrected chi connectivity index (χ4v) is 3.72. The van der Waals surface area contributed by atoms with Crippen molar-refractivity contribution in [2.75, 3.05) is 19.6 Å². The molecular formula is C16H23ClN2. The lowest BCUT2D eigenvalue weighted by molar-refractivity contribution is 0.0111. The van der Waals surface area contributed by atoms with E-state index < -0.39 is 0 Å². The number of hydrogen-bond acceptors (Lipinski definition) is 2. The lowest BCUT2D eigenvalue weighted by atomic mass is 9.97. The Morgan fingerprint density at radius 2 is 2.16 bits per heavy atom. The van der Waals surface area contributed by atoms with Gasteiger partial charge < -0.3 is 0 Å². The molecule has 0 aromatic heterocycles. The van der Waals surface area contributed by atoms with Crippen LogP contribution in [0, 0.1) is 0 Å². The number of piperidine rings is 1. The van der Waals surface area contributed by atoms with Gasteiger partial charge in [-0.3, -0.25) is 9.80 Å². The molecule has 1 aromatic carbocycles. The largest absolute Gasteiger partial charge is 0.298 e. The number of hydrogen-bond donors (Lipinski definition) is 0. The van der Waals surface area contributed by atoms with Crippen LogP contribution in [0.1, 0.15) is 31.7 Å². The highest BCUT2D eigenvalue weighted by Crippen LogP contribution is 2.25. The summed E-state index contributed by atoms with van der Waals surface area (Å²) in [5.74, 6) is 0. The quantitative estimate of drug-likeness (QED) is 0.818. The Kier molecular flexibility index (Phi) is 4.11. The minimum Gasteiger partial charge on any atom is -0.298 e.